The summed E-state index contributed by atoms with van der Waals surface area (Å²) in [6.07, 6.45) is -4.13. The van der Waals surface area contributed by atoms with Gasteiger partial charge >= 0.3 is 6.18 Å². The number of nitrogens with two attached hydrogens (primary N) is 2. The van der Waals surface area contributed by atoms with Gasteiger partial charge in [-0.3, -0.25) is 4.79 Å². The average Bonchev–Trinajstić information content (AvgIpc) is 3.28. The van der Waals surface area contributed by atoms with Gasteiger partial charge in [0.1, 0.15) is 0 Å². The molecule has 1 aromatic carbocycles. The van der Waals surface area contributed by atoms with Crippen LogP contribution >= 0.6 is 0 Å². The van der Waals surface area contributed by atoms with Gasteiger partial charge in [-0.2, -0.15) is 18.2 Å². The van der Waals surface area contributed by atoms with Crippen LogP contribution in [0, 0.1) is 0 Å². The number of aryl methyl sites for hydroxylation is 1. The molecule has 1 aliphatic carbocycles. The zero-order valence-electron chi connectivity index (χ0n) is 12.7. The molecule has 2 rings (SSSR count). The third-order valence-corrected chi connectivity index (χ3v) is 5.92. The topological polar surface area (TPSA) is 116 Å². The molecule has 0 aromatic heterocycles. The van der Waals surface area contributed by atoms with Gasteiger partial charge in [-0.15, -0.1) is 0 Å². The summed E-state index contributed by atoms with van der Waals surface area (Å²) in [7, 11) is -4.09. The Morgan fingerprint density at radius 1 is 1.29 bits per heavy atom. The van der Waals surface area contributed by atoms with Gasteiger partial charge in [0.05, 0.1) is 15.7 Å². The molecule has 1 fully saturated rings. The number of amides is 1. The lowest BCUT2D eigenvalue weighted by molar-refractivity contribution is -0.139. The van der Waals surface area contributed by atoms with Crippen LogP contribution in [0.25, 0.3) is 0 Å². The van der Waals surface area contributed by atoms with Crippen LogP contribution < -0.4 is 11.5 Å². The number of hydrogen-bond donors (Lipinski definition) is 2. The number of guanidine groups is 1. The van der Waals surface area contributed by atoms with Crippen LogP contribution in [-0.4, -0.2) is 25.5 Å². The van der Waals surface area contributed by atoms with Gasteiger partial charge in [-0.25, -0.2) is 8.42 Å². The van der Waals surface area contributed by atoms with E-state index >= 15 is 0 Å². The molecule has 1 aromatic rings. The molecular weight excluding hydrogens is 347 g/mol. The summed E-state index contributed by atoms with van der Waals surface area (Å²) in [6.45, 7) is 1.59. The number of halogens is 3. The van der Waals surface area contributed by atoms with Gasteiger partial charge in [0.25, 0.3) is 5.91 Å². The van der Waals surface area contributed by atoms with Crippen LogP contribution in [0.4, 0.5) is 13.2 Å². The summed E-state index contributed by atoms with van der Waals surface area (Å²) in [5.74, 6) is -1.64. The van der Waals surface area contributed by atoms with Crippen LogP contribution in [0.2, 0.25) is 0 Å². The van der Waals surface area contributed by atoms with Gasteiger partial charge in [0.15, 0.2) is 15.8 Å². The number of alkyl halides is 3. The van der Waals surface area contributed by atoms with Crippen molar-refractivity contribution < 1.29 is 26.4 Å². The Labute approximate surface area is 136 Å². The van der Waals surface area contributed by atoms with Crippen LogP contribution in [0.5, 0.6) is 0 Å². The van der Waals surface area contributed by atoms with E-state index in [-0.39, 0.29) is 17.5 Å². The minimum atomic E-state index is -4.93. The minimum Gasteiger partial charge on any atom is -0.370 e. The number of carbonyl (C=O) groups excluding carboxylic acids is 1. The fourth-order valence-corrected chi connectivity index (χ4v) is 4.21. The van der Waals surface area contributed by atoms with Crippen molar-refractivity contribution in [3.05, 3.63) is 28.8 Å². The summed E-state index contributed by atoms with van der Waals surface area (Å²) in [6, 6.07) is 1.43. The monoisotopic (exact) mass is 363 g/mol. The van der Waals surface area contributed by atoms with Crippen molar-refractivity contribution in [2.75, 3.05) is 0 Å². The number of nitrogens with zero attached hydrogens (tertiary/aromatic N) is 1. The maximum atomic E-state index is 13.3. The second-order valence-corrected chi connectivity index (χ2v) is 7.64. The first-order valence-electron chi connectivity index (χ1n) is 7.10. The molecule has 0 spiro atoms. The van der Waals surface area contributed by atoms with Crippen LogP contribution in [0.3, 0.4) is 0 Å². The molecule has 132 valence electrons. The molecule has 1 aliphatic rings. The van der Waals surface area contributed by atoms with E-state index in [2.05, 4.69) is 4.99 Å². The van der Waals surface area contributed by atoms with E-state index in [1.807, 2.05) is 0 Å². The molecule has 0 aliphatic heterocycles. The lowest BCUT2D eigenvalue weighted by Gasteiger charge is -2.16. The van der Waals surface area contributed by atoms with Crippen molar-refractivity contribution in [2.45, 2.75) is 42.5 Å². The van der Waals surface area contributed by atoms with E-state index in [9.17, 15) is 26.4 Å². The largest absolute Gasteiger partial charge is 0.417 e. The Morgan fingerprint density at radius 3 is 2.29 bits per heavy atom. The molecule has 1 amide bonds. The van der Waals surface area contributed by atoms with Gasteiger partial charge in [-0.1, -0.05) is 6.92 Å². The van der Waals surface area contributed by atoms with Crippen LogP contribution in [-0.2, 0) is 22.4 Å². The molecule has 1 saturated carbocycles. The molecule has 0 unspecified atom stereocenters. The summed E-state index contributed by atoms with van der Waals surface area (Å²) < 4.78 is 64.7. The lowest BCUT2D eigenvalue weighted by atomic mass is 10.0. The summed E-state index contributed by atoms with van der Waals surface area (Å²) in [5.41, 5.74) is 8.56. The molecular formula is C14H16F3N3O3S. The second-order valence-electron chi connectivity index (χ2n) is 5.44. The number of sulfone groups is 1. The lowest BCUT2D eigenvalue weighted by Crippen LogP contribution is -2.25. The first-order valence-corrected chi connectivity index (χ1v) is 8.65. The van der Waals surface area contributed by atoms with E-state index in [4.69, 9.17) is 11.5 Å². The predicted octanol–water partition coefficient (Wildman–Crippen LogP) is 1.62. The fraction of sp³-hybridized carbons (Fsp3) is 0.429. The normalized spacial score (nSPS) is 15.2. The van der Waals surface area contributed by atoms with Gasteiger partial charge in [0.2, 0.25) is 0 Å². The number of aliphatic imine (C=N–C) groups is 1. The van der Waals surface area contributed by atoms with E-state index in [1.165, 1.54) is 0 Å². The highest BCUT2D eigenvalue weighted by atomic mass is 32.2. The fourth-order valence-electron chi connectivity index (χ4n) is 2.31. The summed E-state index contributed by atoms with van der Waals surface area (Å²) in [5, 5.41) is -0.803. The summed E-state index contributed by atoms with van der Waals surface area (Å²) in [4.78, 5) is 14.4. The third-order valence-electron chi connectivity index (χ3n) is 3.62. The zero-order chi connectivity index (χ0) is 18.3. The van der Waals surface area contributed by atoms with Gasteiger partial charge in [-0.05, 0) is 37.0 Å². The quantitative estimate of drug-likeness (QED) is 0.623. The Bertz CT molecular complexity index is 809. The highest BCUT2D eigenvalue weighted by molar-refractivity contribution is 7.92. The maximum absolute atomic E-state index is 13.3. The Kier molecular flexibility index (Phi) is 4.62. The standard InChI is InChI=1S/C14H16F3N3O3S/c1-2-7-5-11(24(22,23)8-3-4-8)10(14(15,16)17)6-9(7)12(21)20-13(18)19/h5-6,8H,2-4H2,1H3,(H4,18,19,20,21). The van der Waals surface area contributed by atoms with Crippen LogP contribution in [0.15, 0.2) is 22.0 Å². The van der Waals surface area contributed by atoms with Crippen molar-refractivity contribution >= 4 is 21.7 Å². The molecule has 0 atom stereocenters. The number of benzene rings is 1. The highest BCUT2D eigenvalue weighted by Gasteiger charge is 2.44. The van der Waals surface area contributed by atoms with Crippen molar-refractivity contribution in [1.29, 1.82) is 0 Å². The minimum absolute atomic E-state index is 0.136. The SMILES string of the molecule is CCc1cc(S(=O)(=O)C2CC2)c(C(F)(F)F)cc1C(=O)N=C(N)N. The molecule has 6 nitrogen and oxygen atoms in total. The van der Waals surface area contributed by atoms with E-state index in [1.54, 1.807) is 6.92 Å². The third kappa shape index (κ3) is 3.53. The number of hydrogen-bond acceptors (Lipinski definition) is 3. The van der Waals surface area contributed by atoms with Gasteiger partial charge < -0.3 is 11.5 Å². The number of rotatable bonds is 4. The van der Waals surface area contributed by atoms with Crippen molar-refractivity contribution in [1.82, 2.24) is 0 Å². The maximum Gasteiger partial charge on any atom is 0.417 e. The molecule has 0 radical (unpaired) electrons. The Hall–Kier alpha value is -2.10. The molecule has 24 heavy (non-hydrogen) atoms. The molecule has 0 heterocycles. The van der Waals surface area contributed by atoms with Gasteiger partial charge in [0, 0.05) is 5.56 Å². The first kappa shape index (κ1) is 18.2. The average molecular weight is 363 g/mol. The van der Waals surface area contributed by atoms with E-state index in [0.717, 1.165) is 6.07 Å². The molecule has 4 N–H and O–H groups in total. The van der Waals surface area contributed by atoms with Crippen LogP contribution in [0.1, 0.15) is 41.3 Å². The molecule has 0 saturated heterocycles. The van der Waals surface area contributed by atoms with Crippen molar-refractivity contribution in [3.8, 4) is 0 Å². The second kappa shape index (κ2) is 6.08. The summed E-state index contributed by atoms with van der Waals surface area (Å²) >= 11 is 0. The Balaban J connectivity index is 2.74. The zero-order valence-corrected chi connectivity index (χ0v) is 13.5. The highest BCUT2D eigenvalue weighted by Crippen LogP contribution is 2.41. The van der Waals surface area contributed by atoms with Crippen molar-refractivity contribution in [2.24, 2.45) is 16.5 Å². The molecule has 0 bridgehead atoms. The predicted molar refractivity (Wildman–Crippen MR) is 81.2 cm³/mol. The first-order chi connectivity index (χ1) is 11.0. The number of carbonyl (C=O) groups is 1. The smallest absolute Gasteiger partial charge is 0.370 e. The molecule has 10 heteroatoms. The van der Waals surface area contributed by atoms with E-state index in [0.29, 0.717) is 18.9 Å². The Morgan fingerprint density at radius 2 is 1.88 bits per heavy atom. The van der Waals surface area contributed by atoms with Crippen molar-refractivity contribution in [3.63, 3.8) is 0 Å². The van der Waals surface area contributed by atoms with E-state index < -0.39 is 43.6 Å².